The van der Waals surface area contributed by atoms with Crippen LogP contribution in [0.4, 0.5) is 4.39 Å². The average Bonchev–Trinajstić information content (AvgIpc) is 2.56. The van der Waals surface area contributed by atoms with E-state index < -0.39 is 0 Å². The molecule has 0 saturated heterocycles. The molecule has 22 heavy (non-hydrogen) atoms. The predicted octanol–water partition coefficient (Wildman–Crippen LogP) is 3.89. The number of allylic oxidation sites excluding steroid dienone is 1. The largest absolute Gasteiger partial charge is 0.396 e. The summed E-state index contributed by atoms with van der Waals surface area (Å²) < 4.78 is 13.2. The van der Waals surface area contributed by atoms with Gasteiger partial charge in [0.15, 0.2) is 0 Å². The van der Waals surface area contributed by atoms with Crippen LogP contribution in [-0.4, -0.2) is 16.6 Å². The summed E-state index contributed by atoms with van der Waals surface area (Å²) in [6, 6.07) is 16.9. The Kier molecular flexibility index (Phi) is 4.54. The van der Waals surface area contributed by atoms with Crippen molar-refractivity contribution in [3.05, 3.63) is 83.8 Å². The molecular formula is C19H20FNO. The number of rotatable bonds is 4. The summed E-state index contributed by atoms with van der Waals surface area (Å²) in [5.74, 6) is -0.107. The molecular weight excluding hydrogens is 277 g/mol. The number of hydrogen-bond donors (Lipinski definition) is 1. The fraction of sp³-hybridized carbons (Fsp3) is 0.263. The second kappa shape index (κ2) is 6.75. The minimum absolute atomic E-state index is 0.0656. The highest BCUT2D eigenvalue weighted by atomic mass is 19.1. The second-order valence-electron chi connectivity index (χ2n) is 5.72. The van der Waals surface area contributed by atoms with Crippen molar-refractivity contribution in [2.75, 3.05) is 6.61 Å². The zero-order valence-electron chi connectivity index (χ0n) is 12.4. The maximum Gasteiger partial charge on any atom is 0.123 e. The van der Waals surface area contributed by atoms with Crippen molar-refractivity contribution in [3.8, 4) is 0 Å². The highest BCUT2D eigenvalue weighted by Gasteiger charge is 2.29. The third kappa shape index (κ3) is 3.20. The van der Waals surface area contributed by atoms with Gasteiger partial charge in [0.2, 0.25) is 0 Å². The smallest absolute Gasteiger partial charge is 0.123 e. The number of aliphatic hydroxyl groups excluding tert-OH is 1. The molecule has 2 atom stereocenters. The molecule has 1 aliphatic heterocycles. The van der Waals surface area contributed by atoms with Gasteiger partial charge in [-0.1, -0.05) is 48.5 Å². The van der Waals surface area contributed by atoms with Crippen molar-refractivity contribution in [1.82, 2.24) is 4.90 Å². The number of aliphatic hydroxyl groups is 1. The van der Waals surface area contributed by atoms with E-state index >= 15 is 0 Å². The maximum atomic E-state index is 13.2. The standard InChI is InChI=1S/C19H20FNO/c20-18-10-8-16(9-11-18)19-17(14-22)7-4-12-21(19)13-15-5-2-1-3-6-15/h1-6,8-12,17,19,22H,7,13-14H2. The van der Waals surface area contributed by atoms with Crippen molar-refractivity contribution < 1.29 is 9.50 Å². The summed E-state index contributed by atoms with van der Waals surface area (Å²) >= 11 is 0. The van der Waals surface area contributed by atoms with Crippen molar-refractivity contribution in [1.29, 1.82) is 0 Å². The third-order valence-corrected chi connectivity index (χ3v) is 4.19. The Bertz CT molecular complexity index is 624. The highest BCUT2D eigenvalue weighted by Crippen LogP contribution is 2.35. The Morgan fingerprint density at radius 3 is 2.45 bits per heavy atom. The lowest BCUT2D eigenvalue weighted by molar-refractivity contribution is 0.116. The molecule has 1 heterocycles. The number of nitrogens with zero attached hydrogens (tertiary/aromatic N) is 1. The molecule has 3 heteroatoms. The van der Waals surface area contributed by atoms with E-state index in [-0.39, 0.29) is 24.4 Å². The molecule has 1 aliphatic rings. The average molecular weight is 297 g/mol. The molecule has 0 saturated carbocycles. The molecule has 3 rings (SSSR count). The van der Waals surface area contributed by atoms with Crippen molar-refractivity contribution in [2.24, 2.45) is 5.92 Å². The minimum Gasteiger partial charge on any atom is -0.396 e. The van der Waals surface area contributed by atoms with Crippen molar-refractivity contribution >= 4 is 0 Å². The predicted molar refractivity (Wildman–Crippen MR) is 85.5 cm³/mol. The monoisotopic (exact) mass is 297 g/mol. The van der Waals surface area contributed by atoms with Gasteiger partial charge in [-0.15, -0.1) is 0 Å². The molecule has 0 amide bonds. The molecule has 0 fully saturated rings. The first-order chi connectivity index (χ1) is 10.8. The van der Waals surface area contributed by atoms with E-state index in [2.05, 4.69) is 29.3 Å². The lowest BCUT2D eigenvalue weighted by Crippen LogP contribution is -2.33. The van der Waals surface area contributed by atoms with E-state index in [1.807, 2.05) is 30.3 Å². The highest BCUT2D eigenvalue weighted by molar-refractivity contribution is 5.24. The lowest BCUT2D eigenvalue weighted by atomic mass is 9.87. The lowest BCUT2D eigenvalue weighted by Gasteiger charge is -2.39. The fourth-order valence-corrected chi connectivity index (χ4v) is 3.11. The van der Waals surface area contributed by atoms with Crippen LogP contribution in [0.2, 0.25) is 0 Å². The molecule has 0 bridgehead atoms. The molecule has 0 aliphatic carbocycles. The second-order valence-corrected chi connectivity index (χ2v) is 5.72. The van der Waals surface area contributed by atoms with Crippen LogP contribution in [0.25, 0.3) is 0 Å². The summed E-state index contributed by atoms with van der Waals surface area (Å²) in [4.78, 5) is 2.23. The van der Waals surface area contributed by atoms with Crippen LogP contribution in [0.3, 0.4) is 0 Å². The van der Waals surface area contributed by atoms with Gasteiger partial charge in [-0.05, 0) is 35.9 Å². The van der Waals surface area contributed by atoms with Crippen LogP contribution in [0.1, 0.15) is 23.6 Å². The first kappa shape index (κ1) is 14.8. The number of hydrogen-bond acceptors (Lipinski definition) is 2. The van der Waals surface area contributed by atoms with E-state index in [1.165, 1.54) is 17.7 Å². The van der Waals surface area contributed by atoms with Crippen LogP contribution in [0.5, 0.6) is 0 Å². The summed E-state index contributed by atoms with van der Waals surface area (Å²) in [5, 5.41) is 9.73. The van der Waals surface area contributed by atoms with Crippen LogP contribution in [0, 0.1) is 11.7 Å². The Morgan fingerprint density at radius 1 is 1.05 bits per heavy atom. The SMILES string of the molecule is OCC1CC=CN(Cc2ccccc2)C1c1ccc(F)cc1. The first-order valence-corrected chi connectivity index (χ1v) is 7.60. The maximum absolute atomic E-state index is 13.2. The quantitative estimate of drug-likeness (QED) is 0.925. The Hall–Kier alpha value is -2.13. The van der Waals surface area contributed by atoms with Gasteiger partial charge in [0.1, 0.15) is 5.82 Å². The molecule has 0 radical (unpaired) electrons. The van der Waals surface area contributed by atoms with Gasteiger partial charge < -0.3 is 10.0 Å². The Balaban J connectivity index is 1.89. The first-order valence-electron chi connectivity index (χ1n) is 7.60. The molecule has 1 N–H and O–H groups in total. The van der Waals surface area contributed by atoms with E-state index in [9.17, 15) is 9.50 Å². The molecule has 114 valence electrons. The van der Waals surface area contributed by atoms with Gasteiger partial charge in [0.25, 0.3) is 0 Å². The minimum atomic E-state index is -0.231. The van der Waals surface area contributed by atoms with Gasteiger partial charge in [0.05, 0.1) is 6.04 Å². The van der Waals surface area contributed by atoms with Crippen molar-refractivity contribution in [2.45, 2.75) is 19.0 Å². The van der Waals surface area contributed by atoms with Gasteiger partial charge in [-0.25, -0.2) is 4.39 Å². The number of halogens is 1. The van der Waals surface area contributed by atoms with E-state index in [1.54, 1.807) is 0 Å². The van der Waals surface area contributed by atoms with E-state index in [4.69, 9.17) is 0 Å². The molecule has 2 aromatic carbocycles. The summed E-state index contributed by atoms with van der Waals surface area (Å²) in [6.45, 7) is 0.896. The summed E-state index contributed by atoms with van der Waals surface area (Å²) in [5.41, 5.74) is 2.26. The summed E-state index contributed by atoms with van der Waals surface area (Å²) in [6.07, 6.45) is 5.03. The van der Waals surface area contributed by atoms with Crippen LogP contribution >= 0.6 is 0 Å². The Labute approximate surface area is 130 Å². The van der Waals surface area contributed by atoms with E-state index in [0.717, 1.165) is 18.5 Å². The molecule has 2 aromatic rings. The van der Waals surface area contributed by atoms with Crippen LogP contribution < -0.4 is 0 Å². The third-order valence-electron chi connectivity index (χ3n) is 4.19. The summed E-state index contributed by atoms with van der Waals surface area (Å²) in [7, 11) is 0. The normalized spacial score (nSPS) is 21.1. The van der Waals surface area contributed by atoms with Gasteiger partial charge in [0, 0.05) is 19.1 Å². The van der Waals surface area contributed by atoms with Crippen LogP contribution in [-0.2, 0) is 6.54 Å². The molecule has 2 nitrogen and oxygen atoms in total. The Morgan fingerprint density at radius 2 is 1.77 bits per heavy atom. The topological polar surface area (TPSA) is 23.5 Å². The molecule has 0 aromatic heterocycles. The zero-order valence-corrected chi connectivity index (χ0v) is 12.4. The van der Waals surface area contributed by atoms with E-state index in [0.29, 0.717) is 0 Å². The number of benzene rings is 2. The van der Waals surface area contributed by atoms with Gasteiger partial charge >= 0.3 is 0 Å². The molecule has 0 spiro atoms. The fourth-order valence-electron chi connectivity index (χ4n) is 3.11. The molecule has 2 unspecified atom stereocenters. The van der Waals surface area contributed by atoms with Gasteiger partial charge in [-0.3, -0.25) is 0 Å². The van der Waals surface area contributed by atoms with Crippen molar-refractivity contribution in [3.63, 3.8) is 0 Å². The zero-order chi connectivity index (χ0) is 15.4. The van der Waals surface area contributed by atoms with Gasteiger partial charge in [-0.2, -0.15) is 0 Å². The van der Waals surface area contributed by atoms with Crippen LogP contribution in [0.15, 0.2) is 66.9 Å².